The highest BCUT2D eigenvalue weighted by Crippen LogP contribution is 2.34. The number of sulfonamides is 1. The molecule has 0 saturated carbocycles. The number of nitrogens with zero attached hydrogens (tertiary/aromatic N) is 2. The quantitative estimate of drug-likeness (QED) is 0.499. The Bertz CT molecular complexity index is 1210. The van der Waals surface area contributed by atoms with Gasteiger partial charge >= 0.3 is 0 Å². The molecule has 0 saturated heterocycles. The number of fused-ring (bicyclic) bond motifs is 1. The van der Waals surface area contributed by atoms with Gasteiger partial charge in [-0.3, -0.25) is 13.9 Å². The van der Waals surface area contributed by atoms with Gasteiger partial charge in [-0.05, 0) is 50.1 Å². The normalized spacial score (nSPS) is 14.5. The molecule has 0 unspecified atom stereocenters. The summed E-state index contributed by atoms with van der Waals surface area (Å²) in [6.45, 7) is 5.76. The number of anilines is 1. The number of benzene rings is 2. The van der Waals surface area contributed by atoms with Crippen molar-refractivity contribution in [1.29, 1.82) is 0 Å². The first-order valence-electron chi connectivity index (χ1n) is 11.7. The average molecular weight is 538 g/mol. The lowest BCUT2D eigenvalue weighted by Gasteiger charge is -2.32. The SMILES string of the molecule is CC[C@H](C)NC(=O)[C@@H](C)N(Cc1cccc(Cl)c1)C(=O)CN(c1ccc2c(c1)OCCO2)S(C)(=O)=O. The fraction of sp³-hybridized carbons (Fsp3) is 0.440. The zero-order valence-electron chi connectivity index (χ0n) is 20.9. The van der Waals surface area contributed by atoms with Crippen molar-refractivity contribution in [2.75, 3.05) is 30.3 Å². The van der Waals surface area contributed by atoms with Crippen LogP contribution in [0.25, 0.3) is 0 Å². The third-order valence-corrected chi connectivity index (χ3v) is 7.28. The van der Waals surface area contributed by atoms with Crippen LogP contribution < -0.4 is 19.1 Å². The van der Waals surface area contributed by atoms with Crippen molar-refractivity contribution in [2.24, 2.45) is 0 Å². The third kappa shape index (κ3) is 7.04. The number of ether oxygens (including phenoxy) is 2. The van der Waals surface area contributed by atoms with Crippen LogP contribution in [0.15, 0.2) is 42.5 Å². The second kappa shape index (κ2) is 11.8. The van der Waals surface area contributed by atoms with E-state index in [2.05, 4.69) is 5.32 Å². The van der Waals surface area contributed by atoms with Crippen molar-refractivity contribution in [3.63, 3.8) is 0 Å². The van der Waals surface area contributed by atoms with E-state index in [0.29, 0.717) is 35.3 Å². The van der Waals surface area contributed by atoms with Gasteiger partial charge in [0.05, 0.1) is 11.9 Å². The van der Waals surface area contributed by atoms with Crippen LogP contribution in [0.4, 0.5) is 5.69 Å². The summed E-state index contributed by atoms with van der Waals surface area (Å²) in [7, 11) is -3.85. The number of nitrogens with one attached hydrogen (secondary N) is 1. The number of amides is 2. The van der Waals surface area contributed by atoms with E-state index in [1.807, 2.05) is 13.8 Å². The topological polar surface area (TPSA) is 105 Å². The van der Waals surface area contributed by atoms with Crippen LogP contribution in [0.1, 0.15) is 32.8 Å². The first kappa shape index (κ1) is 27.6. The molecule has 0 radical (unpaired) electrons. The smallest absolute Gasteiger partial charge is 0.244 e. The summed E-state index contributed by atoms with van der Waals surface area (Å²) in [5.41, 5.74) is 0.971. The maximum Gasteiger partial charge on any atom is 0.244 e. The van der Waals surface area contributed by atoms with Gasteiger partial charge in [0.25, 0.3) is 0 Å². The van der Waals surface area contributed by atoms with Crippen LogP contribution in [0.5, 0.6) is 11.5 Å². The third-order valence-electron chi connectivity index (χ3n) is 5.90. The predicted molar refractivity (Wildman–Crippen MR) is 139 cm³/mol. The molecule has 196 valence electrons. The Hall–Kier alpha value is -2.98. The summed E-state index contributed by atoms with van der Waals surface area (Å²) in [5, 5.41) is 3.38. The van der Waals surface area contributed by atoms with E-state index in [1.54, 1.807) is 43.3 Å². The average Bonchev–Trinajstić information content (AvgIpc) is 2.84. The highest BCUT2D eigenvalue weighted by atomic mass is 35.5. The molecule has 1 aliphatic heterocycles. The molecule has 0 aromatic heterocycles. The molecule has 2 amide bonds. The fourth-order valence-electron chi connectivity index (χ4n) is 3.68. The molecule has 9 nitrogen and oxygen atoms in total. The van der Waals surface area contributed by atoms with Gasteiger partial charge < -0.3 is 19.7 Å². The number of halogens is 1. The Kier molecular flexibility index (Phi) is 9.08. The summed E-state index contributed by atoms with van der Waals surface area (Å²) in [6.07, 6.45) is 1.75. The molecule has 2 aromatic rings. The second-order valence-electron chi connectivity index (χ2n) is 8.74. The molecular weight excluding hydrogens is 506 g/mol. The Morgan fingerprint density at radius 1 is 1.08 bits per heavy atom. The molecule has 2 atom stereocenters. The molecule has 0 aliphatic carbocycles. The second-order valence-corrected chi connectivity index (χ2v) is 11.1. The van der Waals surface area contributed by atoms with Gasteiger partial charge in [0, 0.05) is 23.7 Å². The summed E-state index contributed by atoms with van der Waals surface area (Å²) in [5.74, 6) is 0.0340. The summed E-state index contributed by atoms with van der Waals surface area (Å²) in [4.78, 5) is 27.9. The van der Waals surface area contributed by atoms with Crippen LogP contribution in [0, 0.1) is 0 Å². The van der Waals surface area contributed by atoms with Crippen LogP contribution in [-0.4, -0.2) is 63.2 Å². The number of carbonyl (C=O) groups excluding carboxylic acids is 2. The van der Waals surface area contributed by atoms with Crippen LogP contribution in [0.2, 0.25) is 5.02 Å². The van der Waals surface area contributed by atoms with Crippen molar-refractivity contribution in [3.05, 3.63) is 53.1 Å². The highest BCUT2D eigenvalue weighted by Gasteiger charge is 2.31. The number of carbonyl (C=O) groups is 2. The molecule has 0 spiro atoms. The number of hydrogen-bond acceptors (Lipinski definition) is 6. The molecule has 2 aromatic carbocycles. The fourth-order valence-corrected chi connectivity index (χ4v) is 4.74. The van der Waals surface area contributed by atoms with Crippen molar-refractivity contribution < 1.29 is 27.5 Å². The van der Waals surface area contributed by atoms with Gasteiger partial charge in [0.1, 0.15) is 25.8 Å². The van der Waals surface area contributed by atoms with E-state index in [9.17, 15) is 18.0 Å². The van der Waals surface area contributed by atoms with Crippen molar-refractivity contribution in [1.82, 2.24) is 10.2 Å². The highest BCUT2D eigenvalue weighted by molar-refractivity contribution is 7.92. The number of rotatable bonds is 10. The molecule has 11 heteroatoms. The summed E-state index contributed by atoms with van der Waals surface area (Å²) >= 11 is 6.13. The van der Waals surface area contributed by atoms with Crippen molar-refractivity contribution in [3.8, 4) is 11.5 Å². The summed E-state index contributed by atoms with van der Waals surface area (Å²) < 4.78 is 37.6. The van der Waals surface area contributed by atoms with Crippen molar-refractivity contribution >= 4 is 39.1 Å². The first-order chi connectivity index (χ1) is 17.0. The van der Waals surface area contributed by atoms with Crippen molar-refractivity contribution in [2.45, 2.75) is 45.8 Å². The molecular formula is C25H32ClN3O6S. The van der Waals surface area contributed by atoms with Crippen LogP contribution in [-0.2, 0) is 26.2 Å². The minimum atomic E-state index is -3.85. The lowest BCUT2D eigenvalue weighted by Crippen LogP contribution is -2.52. The molecule has 0 bridgehead atoms. The molecule has 0 fully saturated rings. The lowest BCUT2D eigenvalue weighted by molar-refractivity contribution is -0.139. The Labute approximate surface area is 217 Å². The van der Waals surface area contributed by atoms with Gasteiger partial charge in [-0.1, -0.05) is 30.7 Å². The number of hydrogen-bond donors (Lipinski definition) is 1. The zero-order chi connectivity index (χ0) is 26.5. The maximum atomic E-state index is 13.6. The molecule has 1 N–H and O–H groups in total. The van der Waals surface area contributed by atoms with Gasteiger partial charge in [-0.15, -0.1) is 0 Å². The largest absolute Gasteiger partial charge is 0.486 e. The molecule has 36 heavy (non-hydrogen) atoms. The van der Waals surface area contributed by atoms with Crippen LogP contribution >= 0.6 is 11.6 Å². The van der Waals surface area contributed by atoms with Gasteiger partial charge in [-0.25, -0.2) is 8.42 Å². The Balaban J connectivity index is 1.91. The maximum absolute atomic E-state index is 13.6. The van der Waals surface area contributed by atoms with E-state index >= 15 is 0 Å². The first-order valence-corrected chi connectivity index (χ1v) is 13.9. The molecule has 1 heterocycles. The van der Waals surface area contributed by atoms with E-state index in [0.717, 1.165) is 17.0 Å². The minimum Gasteiger partial charge on any atom is -0.486 e. The van der Waals surface area contributed by atoms with Crippen LogP contribution in [0.3, 0.4) is 0 Å². The molecule has 1 aliphatic rings. The molecule has 3 rings (SSSR count). The Morgan fingerprint density at radius 3 is 2.42 bits per heavy atom. The zero-order valence-corrected chi connectivity index (χ0v) is 22.4. The Morgan fingerprint density at radius 2 is 1.78 bits per heavy atom. The van der Waals surface area contributed by atoms with Gasteiger partial charge in [-0.2, -0.15) is 0 Å². The minimum absolute atomic E-state index is 0.0756. The van der Waals surface area contributed by atoms with E-state index < -0.39 is 28.5 Å². The lowest BCUT2D eigenvalue weighted by atomic mass is 10.1. The van der Waals surface area contributed by atoms with E-state index in [-0.39, 0.29) is 24.2 Å². The van der Waals surface area contributed by atoms with E-state index in [4.69, 9.17) is 21.1 Å². The monoisotopic (exact) mass is 537 g/mol. The van der Waals surface area contributed by atoms with Gasteiger partial charge in [0.15, 0.2) is 11.5 Å². The standard InChI is InChI=1S/C25H32ClN3O6S/c1-5-17(2)27-25(31)18(3)28(15-19-7-6-8-20(26)13-19)24(30)16-29(36(4,32)33)21-9-10-22-23(14-21)35-12-11-34-22/h6-10,13-14,17-18H,5,11-12,15-16H2,1-4H3,(H,27,31)/t17-,18+/m0/s1. The van der Waals surface area contributed by atoms with Gasteiger partial charge in [0.2, 0.25) is 21.8 Å². The predicted octanol–water partition coefficient (Wildman–Crippen LogP) is 3.21. The van der Waals surface area contributed by atoms with E-state index in [1.165, 1.54) is 11.0 Å². The summed E-state index contributed by atoms with van der Waals surface area (Å²) in [6, 6.07) is 10.7.